The molecule has 0 aromatic rings. The molecule has 0 aliphatic rings. The minimum atomic E-state index is -0.537. The van der Waals surface area contributed by atoms with E-state index in [0.717, 1.165) is 0 Å². The van der Waals surface area contributed by atoms with Crippen molar-refractivity contribution >= 4 is 5.97 Å². The quantitative estimate of drug-likeness (QED) is 0.503. The van der Waals surface area contributed by atoms with Crippen molar-refractivity contribution < 1.29 is 19.0 Å². The molecule has 1 atom stereocenters. The Morgan fingerprint density at radius 3 is 2.33 bits per heavy atom. The summed E-state index contributed by atoms with van der Waals surface area (Å²) < 4.78 is 15.5. The lowest BCUT2D eigenvalue weighted by Crippen LogP contribution is -2.32. The third-order valence-corrected chi connectivity index (χ3v) is 1.54. The molecule has 4 heteroatoms. The van der Waals surface area contributed by atoms with Gasteiger partial charge in [0.2, 0.25) is 0 Å². The van der Waals surface area contributed by atoms with Crippen molar-refractivity contribution in [2.24, 2.45) is 0 Å². The Bertz CT molecular complexity index is 184. The zero-order chi connectivity index (χ0) is 11.9. The van der Waals surface area contributed by atoms with Crippen LogP contribution in [0.25, 0.3) is 0 Å². The topological polar surface area (TPSA) is 44.8 Å². The van der Waals surface area contributed by atoms with Crippen LogP contribution in [0.2, 0.25) is 0 Å². The van der Waals surface area contributed by atoms with E-state index in [4.69, 9.17) is 14.2 Å². The van der Waals surface area contributed by atoms with E-state index < -0.39 is 11.7 Å². The van der Waals surface area contributed by atoms with Gasteiger partial charge in [-0.1, -0.05) is 0 Å². The van der Waals surface area contributed by atoms with Gasteiger partial charge in [-0.3, -0.25) is 0 Å². The first-order chi connectivity index (χ1) is 6.87. The molecule has 0 aliphatic heterocycles. The monoisotopic (exact) mass is 218 g/mol. The molecule has 0 heterocycles. The fraction of sp³-hybridized carbons (Fsp3) is 0.909. The van der Waals surface area contributed by atoms with Crippen LogP contribution < -0.4 is 0 Å². The summed E-state index contributed by atoms with van der Waals surface area (Å²) in [6, 6.07) is 0. The van der Waals surface area contributed by atoms with Gasteiger partial charge in [-0.25, -0.2) is 4.79 Å². The highest BCUT2D eigenvalue weighted by Gasteiger charge is 2.21. The van der Waals surface area contributed by atoms with Crippen molar-refractivity contribution in [2.75, 3.05) is 19.8 Å². The summed E-state index contributed by atoms with van der Waals surface area (Å²) in [5, 5.41) is 0. The lowest BCUT2D eigenvalue weighted by atomic mass is 10.2. The maximum absolute atomic E-state index is 11.4. The molecule has 90 valence electrons. The standard InChI is InChI=1S/C11H22O4/c1-6-13-7-8-14-9(2)10(12)15-11(3,4)5/h9H,6-8H2,1-5H3. The average Bonchev–Trinajstić information content (AvgIpc) is 2.09. The second kappa shape index (κ2) is 6.80. The first-order valence-electron chi connectivity index (χ1n) is 5.29. The summed E-state index contributed by atoms with van der Waals surface area (Å²) in [6.07, 6.45) is -0.537. The van der Waals surface area contributed by atoms with Crippen LogP contribution in [0, 0.1) is 0 Å². The number of ether oxygens (including phenoxy) is 3. The van der Waals surface area contributed by atoms with E-state index in [1.165, 1.54) is 0 Å². The summed E-state index contributed by atoms with van der Waals surface area (Å²) in [5.41, 5.74) is -0.464. The highest BCUT2D eigenvalue weighted by molar-refractivity contribution is 5.74. The van der Waals surface area contributed by atoms with Crippen LogP contribution in [-0.4, -0.2) is 37.5 Å². The largest absolute Gasteiger partial charge is 0.458 e. The fourth-order valence-electron chi connectivity index (χ4n) is 0.881. The molecule has 0 amide bonds. The molecule has 0 rings (SSSR count). The molecule has 0 bridgehead atoms. The lowest BCUT2D eigenvalue weighted by Gasteiger charge is -2.22. The lowest BCUT2D eigenvalue weighted by molar-refractivity contribution is -0.168. The summed E-state index contributed by atoms with van der Waals surface area (Å²) in [4.78, 5) is 11.4. The van der Waals surface area contributed by atoms with Gasteiger partial charge < -0.3 is 14.2 Å². The molecule has 0 aromatic carbocycles. The van der Waals surface area contributed by atoms with Gasteiger partial charge in [-0.2, -0.15) is 0 Å². The highest BCUT2D eigenvalue weighted by Crippen LogP contribution is 2.09. The third-order valence-electron chi connectivity index (χ3n) is 1.54. The molecular weight excluding hydrogens is 196 g/mol. The highest BCUT2D eigenvalue weighted by atomic mass is 16.6. The summed E-state index contributed by atoms with van der Waals surface area (Å²) in [7, 11) is 0. The zero-order valence-electron chi connectivity index (χ0n) is 10.3. The molecule has 0 radical (unpaired) electrons. The molecule has 0 spiro atoms. The van der Waals surface area contributed by atoms with Gasteiger partial charge in [0.1, 0.15) is 5.60 Å². The first-order valence-corrected chi connectivity index (χ1v) is 5.29. The Morgan fingerprint density at radius 2 is 1.87 bits per heavy atom. The van der Waals surface area contributed by atoms with Crippen LogP contribution >= 0.6 is 0 Å². The van der Waals surface area contributed by atoms with E-state index >= 15 is 0 Å². The van der Waals surface area contributed by atoms with Gasteiger partial charge in [0.15, 0.2) is 6.10 Å². The maximum atomic E-state index is 11.4. The van der Waals surface area contributed by atoms with E-state index in [-0.39, 0.29) is 5.97 Å². The summed E-state index contributed by atoms with van der Waals surface area (Å²) in [5.74, 6) is -0.334. The van der Waals surface area contributed by atoms with E-state index in [2.05, 4.69) is 0 Å². The van der Waals surface area contributed by atoms with Gasteiger partial charge in [0.25, 0.3) is 0 Å². The molecule has 0 saturated heterocycles. The number of rotatable bonds is 6. The molecule has 0 saturated carbocycles. The molecule has 0 aliphatic carbocycles. The van der Waals surface area contributed by atoms with Crippen LogP contribution in [0.5, 0.6) is 0 Å². The minimum absolute atomic E-state index is 0.334. The Balaban J connectivity index is 3.70. The van der Waals surface area contributed by atoms with Crippen LogP contribution in [0.15, 0.2) is 0 Å². The molecular formula is C11H22O4. The smallest absolute Gasteiger partial charge is 0.335 e. The van der Waals surface area contributed by atoms with Crippen molar-refractivity contribution in [2.45, 2.75) is 46.3 Å². The Morgan fingerprint density at radius 1 is 1.27 bits per heavy atom. The number of esters is 1. The van der Waals surface area contributed by atoms with Crippen molar-refractivity contribution in [3.8, 4) is 0 Å². The maximum Gasteiger partial charge on any atom is 0.335 e. The third kappa shape index (κ3) is 8.39. The predicted octanol–water partition coefficient (Wildman–Crippen LogP) is 1.77. The number of carbonyl (C=O) groups is 1. The summed E-state index contributed by atoms with van der Waals surface area (Å²) >= 11 is 0. The van der Waals surface area contributed by atoms with E-state index in [0.29, 0.717) is 19.8 Å². The van der Waals surface area contributed by atoms with Crippen molar-refractivity contribution in [3.05, 3.63) is 0 Å². The van der Waals surface area contributed by atoms with E-state index in [1.54, 1.807) is 6.92 Å². The first kappa shape index (κ1) is 14.4. The van der Waals surface area contributed by atoms with Gasteiger partial charge in [-0.05, 0) is 34.6 Å². The van der Waals surface area contributed by atoms with Crippen molar-refractivity contribution in [3.63, 3.8) is 0 Å². The Labute approximate surface area is 91.9 Å². The SMILES string of the molecule is CCOCCOC(C)C(=O)OC(C)(C)C. The molecule has 0 N–H and O–H groups in total. The van der Waals surface area contributed by atoms with Crippen LogP contribution in [0.1, 0.15) is 34.6 Å². The molecule has 15 heavy (non-hydrogen) atoms. The van der Waals surface area contributed by atoms with E-state index in [9.17, 15) is 4.79 Å². The van der Waals surface area contributed by atoms with E-state index in [1.807, 2.05) is 27.7 Å². The predicted molar refractivity (Wildman–Crippen MR) is 57.8 cm³/mol. The molecule has 0 fully saturated rings. The Kier molecular flexibility index (Phi) is 6.52. The van der Waals surface area contributed by atoms with Crippen molar-refractivity contribution in [1.82, 2.24) is 0 Å². The number of hydrogen-bond donors (Lipinski definition) is 0. The fourth-order valence-corrected chi connectivity index (χ4v) is 0.881. The average molecular weight is 218 g/mol. The number of hydrogen-bond acceptors (Lipinski definition) is 4. The van der Waals surface area contributed by atoms with Crippen LogP contribution in [0.3, 0.4) is 0 Å². The van der Waals surface area contributed by atoms with Crippen LogP contribution in [0.4, 0.5) is 0 Å². The zero-order valence-corrected chi connectivity index (χ0v) is 10.3. The molecule has 4 nitrogen and oxygen atoms in total. The normalized spacial score (nSPS) is 13.7. The van der Waals surface area contributed by atoms with Gasteiger partial charge >= 0.3 is 5.97 Å². The Hall–Kier alpha value is -0.610. The second-order valence-corrected chi connectivity index (χ2v) is 4.24. The molecule has 1 unspecified atom stereocenters. The van der Waals surface area contributed by atoms with Gasteiger partial charge in [-0.15, -0.1) is 0 Å². The summed E-state index contributed by atoms with van der Waals surface area (Å²) in [6.45, 7) is 10.7. The van der Waals surface area contributed by atoms with Crippen LogP contribution in [-0.2, 0) is 19.0 Å². The molecule has 0 aromatic heterocycles. The van der Waals surface area contributed by atoms with Gasteiger partial charge in [0, 0.05) is 6.61 Å². The number of carbonyl (C=O) groups excluding carboxylic acids is 1. The minimum Gasteiger partial charge on any atom is -0.458 e. The van der Waals surface area contributed by atoms with Gasteiger partial charge in [0.05, 0.1) is 13.2 Å². The second-order valence-electron chi connectivity index (χ2n) is 4.24. The van der Waals surface area contributed by atoms with Crippen molar-refractivity contribution in [1.29, 1.82) is 0 Å².